The molecule has 6 heteroatoms. The maximum atomic E-state index is 13.3. The summed E-state index contributed by atoms with van der Waals surface area (Å²) in [5.74, 6) is 0.344. The molecule has 3 aromatic rings. The highest BCUT2D eigenvalue weighted by molar-refractivity contribution is 9.10. The van der Waals surface area contributed by atoms with Gasteiger partial charge in [0.25, 0.3) is 0 Å². The lowest BCUT2D eigenvalue weighted by atomic mass is 10.2. The third kappa shape index (κ3) is 2.41. The number of aromatic nitrogens is 2. The fourth-order valence-electron chi connectivity index (χ4n) is 2.25. The first-order valence-electron chi connectivity index (χ1n) is 6.07. The minimum Gasteiger partial charge on any atom is -0.294 e. The molecule has 0 atom stereocenters. The van der Waals surface area contributed by atoms with Crippen LogP contribution in [0, 0.1) is 17.1 Å². The summed E-state index contributed by atoms with van der Waals surface area (Å²) in [5.41, 5.74) is 2.38. The van der Waals surface area contributed by atoms with E-state index < -0.39 is 5.82 Å². The Morgan fingerprint density at radius 3 is 2.81 bits per heavy atom. The van der Waals surface area contributed by atoms with Crippen molar-refractivity contribution in [3.8, 4) is 11.8 Å². The van der Waals surface area contributed by atoms with E-state index in [2.05, 4.69) is 20.9 Å². The Labute approximate surface area is 133 Å². The number of fused-ring (bicyclic) bond motifs is 1. The number of nitrogens with zero attached hydrogens (tertiary/aromatic N) is 3. The Kier molecular flexibility index (Phi) is 3.66. The molecule has 1 heterocycles. The molecule has 0 saturated heterocycles. The van der Waals surface area contributed by atoms with Crippen molar-refractivity contribution in [3.05, 3.63) is 58.1 Å². The van der Waals surface area contributed by atoms with Crippen LogP contribution in [0.4, 0.5) is 4.39 Å². The van der Waals surface area contributed by atoms with Gasteiger partial charge >= 0.3 is 0 Å². The molecule has 3 rings (SSSR count). The van der Waals surface area contributed by atoms with Gasteiger partial charge in [-0.2, -0.15) is 5.26 Å². The van der Waals surface area contributed by atoms with E-state index in [-0.39, 0.29) is 11.4 Å². The summed E-state index contributed by atoms with van der Waals surface area (Å²) in [6.45, 7) is 0. The van der Waals surface area contributed by atoms with E-state index in [1.807, 2.05) is 24.3 Å². The Bertz CT molecular complexity index is 882. The summed E-state index contributed by atoms with van der Waals surface area (Å²) >= 11 is 9.37. The van der Waals surface area contributed by atoms with Crippen LogP contribution >= 0.6 is 27.5 Å². The molecule has 0 spiro atoms. The molecule has 3 nitrogen and oxygen atoms in total. The monoisotopic (exact) mass is 363 g/mol. The van der Waals surface area contributed by atoms with Crippen LogP contribution < -0.4 is 0 Å². The fourth-order valence-corrected chi connectivity index (χ4v) is 2.78. The van der Waals surface area contributed by atoms with Gasteiger partial charge in [0.2, 0.25) is 0 Å². The van der Waals surface area contributed by atoms with Gasteiger partial charge in [0.1, 0.15) is 17.7 Å². The van der Waals surface area contributed by atoms with Gasteiger partial charge < -0.3 is 0 Å². The van der Waals surface area contributed by atoms with Gasteiger partial charge in [0, 0.05) is 4.47 Å². The Balaban J connectivity index is 2.37. The van der Waals surface area contributed by atoms with Crippen LogP contribution in [0.2, 0.25) is 0 Å². The predicted octanol–water partition coefficient (Wildman–Crippen LogP) is 4.54. The van der Waals surface area contributed by atoms with E-state index in [1.54, 1.807) is 10.6 Å². The Morgan fingerprint density at radius 2 is 2.10 bits per heavy atom. The van der Waals surface area contributed by atoms with Crippen molar-refractivity contribution in [1.82, 2.24) is 9.55 Å². The van der Waals surface area contributed by atoms with Crippen LogP contribution in [-0.4, -0.2) is 9.55 Å². The molecule has 0 aliphatic heterocycles. The van der Waals surface area contributed by atoms with Crippen LogP contribution in [0.1, 0.15) is 11.4 Å². The third-order valence-corrected chi connectivity index (χ3v) is 3.86. The second-order valence-electron chi connectivity index (χ2n) is 4.40. The molecular weight excluding hydrogens is 357 g/mol. The average molecular weight is 365 g/mol. The van der Waals surface area contributed by atoms with Crippen LogP contribution in [0.15, 0.2) is 40.9 Å². The Morgan fingerprint density at radius 1 is 1.29 bits per heavy atom. The summed E-state index contributed by atoms with van der Waals surface area (Å²) in [6.07, 6.45) is 0. The molecule has 104 valence electrons. The van der Waals surface area contributed by atoms with Crippen molar-refractivity contribution in [2.75, 3.05) is 0 Å². The number of nitriles is 1. The quantitative estimate of drug-likeness (QED) is 0.627. The maximum absolute atomic E-state index is 13.3. The number of benzene rings is 2. The molecule has 0 aliphatic rings. The molecule has 0 bridgehead atoms. The molecule has 0 amide bonds. The lowest BCUT2D eigenvalue weighted by Crippen LogP contribution is -2.02. The molecule has 21 heavy (non-hydrogen) atoms. The van der Waals surface area contributed by atoms with Gasteiger partial charge in [-0.25, -0.2) is 9.37 Å². The Hall–Kier alpha value is -1.90. The highest BCUT2D eigenvalue weighted by Crippen LogP contribution is 2.27. The van der Waals surface area contributed by atoms with Crippen LogP contribution in [0.25, 0.3) is 16.7 Å². The normalized spacial score (nSPS) is 10.8. The van der Waals surface area contributed by atoms with E-state index in [4.69, 9.17) is 11.6 Å². The maximum Gasteiger partial charge on any atom is 0.129 e. The second kappa shape index (κ2) is 5.47. The van der Waals surface area contributed by atoms with Crippen molar-refractivity contribution in [2.24, 2.45) is 0 Å². The van der Waals surface area contributed by atoms with Crippen molar-refractivity contribution in [1.29, 1.82) is 5.26 Å². The van der Waals surface area contributed by atoms with Crippen LogP contribution in [-0.2, 0) is 5.88 Å². The van der Waals surface area contributed by atoms with Gasteiger partial charge in [-0.15, -0.1) is 11.6 Å². The smallest absolute Gasteiger partial charge is 0.129 e. The van der Waals surface area contributed by atoms with Crippen molar-refractivity contribution in [3.63, 3.8) is 0 Å². The van der Waals surface area contributed by atoms with E-state index in [1.165, 1.54) is 12.1 Å². The molecule has 2 aromatic carbocycles. The van der Waals surface area contributed by atoms with Gasteiger partial charge in [-0.3, -0.25) is 4.57 Å². The minimum atomic E-state index is -0.449. The van der Waals surface area contributed by atoms with Crippen molar-refractivity contribution in [2.45, 2.75) is 5.88 Å². The highest BCUT2D eigenvalue weighted by atomic mass is 79.9. The van der Waals surface area contributed by atoms with Crippen LogP contribution in [0.5, 0.6) is 0 Å². The molecular formula is C15H8BrClFN3. The first-order valence-corrected chi connectivity index (χ1v) is 7.39. The zero-order valence-electron chi connectivity index (χ0n) is 10.6. The summed E-state index contributed by atoms with van der Waals surface area (Å²) in [6, 6.07) is 11.7. The predicted molar refractivity (Wildman–Crippen MR) is 83.0 cm³/mol. The standard InChI is InChI=1S/C15H8BrClFN3/c16-10-1-3-14-12(6-10)20-15(7-17)21(14)13-4-2-11(18)5-9(13)8-19/h1-6H,7H2. The number of hydrogen-bond acceptors (Lipinski definition) is 2. The zero-order chi connectivity index (χ0) is 15.0. The number of halogens is 3. The second-order valence-corrected chi connectivity index (χ2v) is 5.59. The lowest BCUT2D eigenvalue weighted by molar-refractivity contribution is 0.627. The molecule has 0 N–H and O–H groups in total. The molecule has 0 fully saturated rings. The SMILES string of the molecule is N#Cc1cc(F)ccc1-n1c(CCl)nc2cc(Br)ccc21. The van der Waals surface area contributed by atoms with Gasteiger partial charge in [-0.05, 0) is 36.4 Å². The average Bonchev–Trinajstić information content (AvgIpc) is 2.84. The van der Waals surface area contributed by atoms with Crippen LogP contribution in [0.3, 0.4) is 0 Å². The highest BCUT2D eigenvalue weighted by Gasteiger charge is 2.15. The van der Waals surface area contributed by atoms with Crippen molar-refractivity contribution >= 4 is 38.6 Å². The number of hydrogen-bond donors (Lipinski definition) is 0. The molecule has 0 unspecified atom stereocenters. The third-order valence-electron chi connectivity index (χ3n) is 3.13. The van der Waals surface area contributed by atoms with E-state index >= 15 is 0 Å². The summed E-state index contributed by atoms with van der Waals surface area (Å²) in [4.78, 5) is 4.46. The number of rotatable bonds is 2. The first-order chi connectivity index (χ1) is 10.1. The van der Waals surface area contributed by atoms with E-state index in [9.17, 15) is 9.65 Å². The van der Waals surface area contributed by atoms with Gasteiger partial charge in [-0.1, -0.05) is 15.9 Å². The van der Waals surface area contributed by atoms with Crippen molar-refractivity contribution < 1.29 is 4.39 Å². The number of imidazole rings is 1. The lowest BCUT2D eigenvalue weighted by Gasteiger charge is -2.09. The van der Waals surface area contributed by atoms with Gasteiger partial charge in [0.05, 0.1) is 28.2 Å². The minimum absolute atomic E-state index is 0.189. The van der Waals surface area contributed by atoms with E-state index in [0.29, 0.717) is 11.5 Å². The van der Waals surface area contributed by atoms with E-state index in [0.717, 1.165) is 15.5 Å². The summed E-state index contributed by atoms with van der Waals surface area (Å²) in [5, 5.41) is 9.23. The largest absolute Gasteiger partial charge is 0.294 e. The summed E-state index contributed by atoms with van der Waals surface area (Å²) < 4.78 is 16.0. The molecule has 0 radical (unpaired) electrons. The van der Waals surface area contributed by atoms with Gasteiger partial charge in [0.15, 0.2) is 0 Å². The summed E-state index contributed by atoms with van der Waals surface area (Å²) in [7, 11) is 0. The number of alkyl halides is 1. The first kappa shape index (κ1) is 14.1. The molecule has 1 aromatic heterocycles. The fraction of sp³-hybridized carbons (Fsp3) is 0.0667. The zero-order valence-corrected chi connectivity index (χ0v) is 13.0. The molecule has 0 aliphatic carbocycles. The molecule has 0 saturated carbocycles. The topological polar surface area (TPSA) is 41.6 Å².